The lowest BCUT2D eigenvalue weighted by Crippen LogP contribution is -1.95. The Morgan fingerprint density at radius 2 is 1.95 bits per heavy atom. The van der Waals surface area contributed by atoms with Crippen LogP contribution in [0.1, 0.15) is 17.3 Å². The average Bonchev–Trinajstić information content (AvgIpc) is 2.89. The van der Waals surface area contributed by atoms with Crippen molar-refractivity contribution in [1.29, 1.82) is 0 Å². The molecule has 0 bridgehead atoms. The fourth-order valence-corrected chi connectivity index (χ4v) is 2.04. The van der Waals surface area contributed by atoms with Crippen molar-refractivity contribution in [2.75, 3.05) is 5.32 Å². The number of anilines is 1. The number of carbonyl (C=O) groups excluding carboxylic acids is 2. The van der Waals surface area contributed by atoms with Crippen LogP contribution in [-0.4, -0.2) is 26.8 Å². The maximum atomic E-state index is 11.3. The Kier molecular flexibility index (Phi) is 3.19. The van der Waals surface area contributed by atoms with Crippen LogP contribution in [-0.2, 0) is 4.79 Å². The summed E-state index contributed by atoms with van der Waals surface area (Å²) < 4.78 is 1.60. The molecule has 0 spiro atoms. The molecule has 0 fully saturated rings. The Morgan fingerprint density at radius 3 is 2.62 bits per heavy atom. The van der Waals surface area contributed by atoms with Gasteiger partial charge in [-0.25, -0.2) is 9.50 Å². The highest BCUT2D eigenvalue weighted by atomic mass is 16.1. The Bertz CT molecular complexity index is 821. The number of nitrogens with one attached hydrogen (secondary N) is 1. The lowest BCUT2D eigenvalue weighted by Gasteiger charge is -2.02. The standard InChI is InChI=1S/C15H12N4O2/c1-10(21)11-2-4-12(5-3-11)13-6-7-15-17-14(16-9-20)8-19(15)18-13/h2-9H,1H3,(H,16,20). The Labute approximate surface area is 120 Å². The van der Waals surface area contributed by atoms with Gasteiger partial charge >= 0.3 is 0 Å². The number of nitrogens with zero attached hydrogens (tertiary/aromatic N) is 3. The van der Waals surface area contributed by atoms with Gasteiger partial charge in [0.2, 0.25) is 6.41 Å². The number of imidazole rings is 1. The van der Waals surface area contributed by atoms with Crippen molar-refractivity contribution >= 4 is 23.7 Å². The summed E-state index contributed by atoms with van der Waals surface area (Å²) in [7, 11) is 0. The van der Waals surface area contributed by atoms with Crippen molar-refractivity contribution < 1.29 is 9.59 Å². The van der Waals surface area contributed by atoms with Crippen molar-refractivity contribution in [1.82, 2.24) is 14.6 Å². The first-order chi connectivity index (χ1) is 10.2. The largest absolute Gasteiger partial charge is 0.312 e. The van der Waals surface area contributed by atoms with E-state index in [1.54, 1.807) is 22.8 Å². The van der Waals surface area contributed by atoms with E-state index in [2.05, 4.69) is 15.4 Å². The van der Waals surface area contributed by atoms with Gasteiger partial charge in [-0.15, -0.1) is 0 Å². The second-order valence-electron chi connectivity index (χ2n) is 4.54. The minimum Gasteiger partial charge on any atom is -0.312 e. The first-order valence-corrected chi connectivity index (χ1v) is 6.35. The summed E-state index contributed by atoms with van der Waals surface area (Å²) in [5.74, 6) is 0.478. The van der Waals surface area contributed by atoms with Gasteiger partial charge in [-0.1, -0.05) is 24.3 Å². The molecule has 2 heterocycles. The minimum absolute atomic E-state index is 0.0316. The molecule has 0 aliphatic heterocycles. The molecule has 1 N–H and O–H groups in total. The molecule has 0 saturated carbocycles. The Hall–Kier alpha value is -3.02. The maximum absolute atomic E-state index is 11.3. The number of aromatic nitrogens is 3. The van der Waals surface area contributed by atoms with E-state index >= 15 is 0 Å². The van der Waals surface area contributed by atoms with Crippen LogP contribution in [0.2, 0.25) is 0 Å². The normalized spacial score (nSPS) is 10.5. The van der Waals surface area contributed by atoms with Crippen LogP contribution in [0.25, 0.3) is 16.9 Å². The molecule has 3 aromatic rings. The molecule has 6 heteroatoms. The third-order valence-electron chi connectivity index (χ3n) is 3.11. The first-order valence-electron chi connectivity index (χ1n) is 6.35. The summed E-state index contributed by atoms with van der Waals surface area (Å²) >= 11 is 0. The maximum Gasteiger partial charge on any atom is 0.212 e. The summed E-state index contributed by atoms with van der Waals surface area (Å²) in [6, 6.07) is 10.9. The van der Waals surface area contributed by atoms with Crippen LogP contribution in [0, 0.1) is 0 Å². The summed E-state index contributed by atoms with van der Waals surface area (Å²) in [6.45, 7) is 1.53. The number of rotatable bonds is 4. The third kappa shape index (κ3) is 2.51. The van der Waals surface area contributed by atoms with Crippen LogP contribution in [0.3, 0.4) is 0 Å². The zero-order chi connectivity index (χ0) is 14.8. The summed E-state index contributed by atoms with van der Waals surface area (Å²) in [5, 5.41) is 6.92. The Balaban J connectivity index is 1.99. The van der Waals surface area contributed by atoms with Crippen LogP contribution in [0.4, 0.5) is 5.82 Å². The zero-order valence-electron chi connectivity index (χ0n) is 11.3. The van der Waals surface area contributed by atoms with Crippen molar-refractivity contribution in [3.63, 3.8) is 0 Å². The van der Waals surface area contributed by atoms with Crippen LogP contribution in [0.15, 0.2) is 42.6 Å². The molecule has 1 amide bonds. The molecule has 0 unspecified atom stereocenters. The van der Waals surface area contributed by atoms with Crippen molar-refractivity contribution in [2.24, 2.45) is 0 Å². The Morgan fingerprint density at radius 1 is 1.19 bits per heavy atom. The first kappa shape index (κ1) is 13.0. The van der Waals surface area contributed by atoms with E-state index < -0.39 is 0 Å². The minimum atomic E-state index is 0.0316. The zero-order valence-corrected chi connectivity index (χ0v) is 11.3. The molecule has 0 radical (unpaired) electrons. The smallest absolute Gasteiger partial charge is 0.212 e. The predicted molar refractivity (Wildman–Crippen MR) is 78.1 cm³/mol. The highest BCUT2D eigenvalue weighted by Gasteiger charge is 2.06. The number of Topliss-reactive ketones (excluding diaryl/α,β-unsaturated/α-hetero) is 1. The van der Waals surface area contributed by atoms with Crippen molar-refractivity contribution in [3.05, 3.63) is 48.2 Å². The summed E-state index contributed by atoms with van der Waals surface area (Å²) in [5.41, 5.74) is 2.97. The van der Waals surface area contributed by atoms with Crippen molar-refractivity contribution in [2.45, 2.75) is 6.92 Å². The lowest BCUT2D eigenvalue weighted by atomic mass is 10.1. The number of carbonyl (C=O) groups is 2. The van der Waals surface area contributed by atoms with Gasteiger partial charge in [-0.2, -0.15) is 5.10 Å². The molecule has 21 heavy (non-hydrogen) atoms. The van der Waals surface area contributed by atoms with Crippen LogP contribution in [0.5, 0.6) is 0 Å². The van der Waals surface area contributed by atoms with Gasteiger partial charge in [-0.05, 0) is 19.1 Å². The van der Waals surface area contributed by atoms with E-state index in [1.807, 2.05) is 24.3 Å². The van der Waals surface area contributed by atoms with E-state index in [-0.39, 0.29) is 5.78 Å². The second-order valence-corrected chi connectivity index (χ2v) is 4.54. The van der Waals surface area contributed by atoms with Gasteiger partial charge in [0.25, 0.3) is 0 Å². The molecular formula is C15H12N4O2. The monoisotopic (exact) mass is 280 g/mol. The predicted octanol–water partition coefficient (Wildman–Crippen LogP) is 2.17. The molecule has 0 aliphatic carbocycles. The summed E-state index contributed by atoms with van der Waals surface area (Å²) in [4.78, 5) is 25.9. The van der Waals surface area contributed by atoms with E-state index in [0.717, 1.165) is 11.3 Å². The second kappa shape index (κ2) is 5.16. The number of hydrogen-bond donors (Lipinski definition) is 1. The quantitative estimate of drug-likeness (QED) is 0.587. The highest BCUT2D eigenvalue weighted by molar-refractivity contribution is 5.94. The van der Waals surface area contributed by atoms with Crippen LogP contribution >= 0.6 is 0 Å². The van der Waals surface area contributed by atoms with E-state index in [0.29, 0.717) is 23.4 Å². The SMILES string of the molecule is CC(=O)c1ccc(-c2ccc3nc(NC=O)cn3n2)cc1. The molecule has 2 aromatic heterocycles. The molecule has 1 aromatic carbocycles. The van der Waals surface area contributed by atoms with Gasteiger partial charge in [-0.3, -0.25) is 9.59 Å². The average molecular weight is 280 g/mol. The molecule has 0 aliphatic rings. The molecule has 6 nitrogen and oxygen atoms in total. The fourth-order valence-electron chi connectivity index (χ4n) is 2.04. The van der Waals surface area contributed by atoms with E-state index in [1.165, 1.54) is 6.92 Å². The highest BCUT2D eigenvalue weighted by Crippen LogP contribution is 2.19. The number of hydrogen-bond acceptors (Lipinski definition) is 4. The van der Waals surface area contributed by atoms with Gasteiger partial charge in [0.15, 0.2) is 17.2 Å². The van der Waals surface area contributed by atoms with Gasteiger partial charge in [0, 0.05) is 11.1 Å². The van der Waals surface area contributed by atoms with Crippen LogP contribution < -0.4 is 5.32 Å². The third-order valence-corrected chi connectivity index (χ3v) is 3.11. The number of ketones is 1. The summed E-state index contributed by atoms with van der Waals surface area (Å²) in [6.07, 6.45) is 2.21. The number of amides is 1. The van der Waals surface area contributed by atoms with E-state index in [4.69, 9.17) is 0 Å². The topological polar surface area (TPSA) is 76.4 Å². The van der Waals surface area contributed by atoms with Gasteiger partial charge in [0.1, 0.15) is 0 Å². The molecular weight excluding hydrogens is 268 g/mol. The molecule has 0 saturated heterocycles. The molecule has 104 valence electrons. The van der Waals surface area contributed by atoms with E-state index in [9.17, 15) is 9.59 Å². The van der Waals surface area contributed by atoms with Crippen molar-refractivity contribution in [3.8, 4) is 11.3 Å². The number of fused-ring (bicyclic) bond motifs is 1. The molecule has 3 rings (SSSR count). The van der Waals surface area contributed by atoms with Gasteiger partial charge < -0.3 is 5.32 Å². The number of benzene rings is 1. The lowest BCUT2D eigenvalue weighted by molar-refractivity contribution is -0.105. The fraction of sp³-hybridized carbons (Fsp3) is 0.0667. The van der Waals surface area contributed by atoms with Gasteiger partial charge in [0.05, 0.1) is 11.9 Å². The molecule has 0 atom stereocenters.